The smallest absolute Gasteiger partial charge is 0.256 e. The van der Waals surface area contributed by atoms with Crippen molar-refractivity contribution in [2.45, 2.75) is 6.10 Å². The van der Waals surface area contributed by atoms with Crippen LogP contribution in [-0.4, -0.2) is 40.4 Å². The largest absolute Gasteiger partial charge is 0.491 e. The number of ether oxygens (including phenoxy) is 1. The van der Waals surface area contributed by atoms with Crippen molar-refractivity contribution in [3.05, 3.63) is 59.8 Å². The molecule has 3 aromatic rings. The van der Waals surface area contributed by atoms with Gasteiger partial charge in [-0.15, -0.1) is 0 Å². The second-order valence-electron chi connectivity index (χ2n) is 6.16. The van der Waals surface area contributed by atoms with Crippen molar-refractivity contribution in [1.29, 1.82) is 0 Å². The van der Waals surface area contributed by atoms with E-state index in [-0.39, 0.29) is 19.1 Å². The molecule has 0 spiro atoms. The van der Waals surface area contributed by atoms with Crippen molar-refractivity contribution in [1.82, 2.24) is 4.98 Å². The third kappa shape index (κ3) is 2.96. The number of fused-ring (bicyclic) bond motifs is 2. The van der Waals surface area contributed by atoms with Gasteiger partial charge in [-0.2, -0.15) is 0 Å². The lowest BCUT2D eigenvalue weighted by molar-refractivity contribution is -0.110. The van der Waals surface area contributed by atoms with E-state index in [1.54, 1.807) is 6.07 Å². The van der Waals surface area contributed by atoms with Gasteiger partial charge in [0.2, 0.25) is 0 Å². The molecular formula is C20H18N2O4. The molecule has 0 bridgehead atoms. The summed E-state index contributed by atoms with van der Waals surface area (Å²) in [6.07, 6.45) is 2.78. The molecule has 132 valence electrons. The van der Waals surface area contributed by atoms with Gasteiger partial charge >= 0.3 is 0 Å². The zero-order valence-electron chi connectivity index (χ0n) is 13.9. The van der Waals surface area contributed by atoms with E-state index in [0.29, 0.717) is 11.3 Å². The molecule has 1 atom stereocenters. The van der Waals surface area contributed by atoms with Crippen LogP contribution in [0.3, 0.4) is 0 Å². The molecule has 0 fully saturated rings. The summed E-state index contributed by atoms with van der Waals surface area (Å²) in [6, 6.07) is 13.1. The van der Waals surface area contributed by atoms with Crippen molar-refractivity contribution in [2.24, 2.45) is 0 Å². The predicted molar refractivity (Wildman–Crippen MR) is 99.8 cm³/mol. The van der Waals surface area contributed by atoms with Gasteiger partial charge in [-0.25, -0.2) is 0 Å². The monoisotopic (exact) mass is 350 g/mol. The molecule has 1 unspecified atom stereocenters. The first kappa shape index (κ1) is 16.4. The summed E-state index contributed by atoms with van der Waals surface area (Å²) >= 11 is 0. The second-order valence-corrected chi connectivity index (χ2v) is 6.16. The van der Waals surface area contributed by atoms with Crippen LogP contribution in [0.15, 0.2) is 48.7 Å². The molecule has 1 aromatic heterocycles. The maximum absolute atomic E-state index is 12.3. The van der Waals surface area contributed by atoms with Crippen LogP contribution >= 0.6 is 0 Å². The molecular weight excluding hydrogens is 332 g/mol. The summed E-state index contributed by atoms with van der Waals surface area (Å²) in [7, 11) is 0. The summed E-state index contributed by atoms with van der Waals surface area (Å²) in [5.74, 6) is 0.458. The van der Waals surface area contributed by atoms with Gasteiger partial charge in [0.1, 0.15) is 18.5 Å². The van der Waals surface area contributed by atoms with E-state index in [1.165, 1.54) is 0 Å². The molecule has 26 heavy (non-hydrogen) atoms. The zero-order valence-corrected chi connectivity index (χ0v) is 13.9. The first-order chi connectivity index (χ1) is 12.7. The molecule has 0 saturated carbocycles. The van der Waals surface area contributed by atoms with Crippen LogP contribution in [0, 0.1) is 0 Å². The Bertz CT molecular complexity index is 1010. The van der Waals surface area contributed by atoms with Gasteiger partial charge in [0.15, 0.2) is 0 Å². The number of anilines is 1. The highest BCUT2D eigenvalue weighted by Gasteiger charge is 2.23. The van der Waals surface area contributed by atoms with E-state index >= 15 is 0 Å². The first-order valence-electron chi connectivity index (χ1n) is 8.31. The average Bonchev–Trinajstić information content (AvgIpc) is 3.21. The molecule has 1 amide bonds. The number of rotatable bonds is 5. The lowest BCUT2D eigenvalue weighted by Crippen LogP contribution is -2.21. The van der Waals surface area contributed by atoms with E-state index in [9.17, 15) is 9.90 Å². The van der Waals surface area contributed by atoms with Gasteiger partial charge in [0.25, 0.3) is 5.91 Å². The lowest BCUT2D eigenvalue weighted by Gasteiger charge is -2.09. The molecule has 0 aliphatic carbocycles. The van der Waals surface area contributed by atoms with E-state index < -0.39 is 6.10 Å². The number of para-hydroxylation sites is 1. The number of carbonyl (C=O) groups excluding carboxylic acids is 1. The maximum Gasteiger partial charge on any atom is 0.256 e. The highest BCUT2D eigenvalue weighted by molar-refractivity contribution is 6.35. The molecule has 0 saturated heterocycles. The van der Waals surface area contributed by atoms with Crippen LogP contribution in [0.1, 0.15) is 11.1 Å². The van der Waals surface area contributed by atoms with E-state index in [0.717, 1.165) is 27.7 Å². The maximum atomic E-state index is 12.3. The number of nitrogens with one attached hydrogen (secondary N) is 2. The van der Waals surface area contributed by atoms with Gasteiger partial charge < -0.3 is 25.3 Å². The van der Waals surface area contributed by atoms with Crippen molar-refractivity contribution in [3.8, 4) is 5.75 Å². The minimum Gasteiger partial charge on any atom is -0.491 e. The van der Waals surface area contributed by atoms with Crippen molar-refractivity contribution in [2.75, 3.05) is 18.5 Å². The Kier molecular flexibility index (Phi) is 4.20. The molecule has 1 aliphatic rings. The van der Waals surface area contributed by atoms with Crippen LogP contribution in [0.4, 0.5) is 5.69 Å². The summed E-state index contributed by atoms with van der Waals surface area (Å²) in [5.41, 5.74) is 4.09. The van der Waals surface area contributed by atoms with Crippen molar-refractivity contribution in [3.63, 3.8) is 0 Å². The Labute approximate surface area is 149 Å². The van der Waals surface area contributed by atoms with Crippen LogP contribution in [0.2, 0.25) is 0 Å². The van der Waals surface area contributed by atoms with Crippen LogP contribution in [0.5, 0.6) is 5.75 Å². The molecule has 2 aromatic carbocycles. The van der Waals surface area contributed by atoms with Gasteiger partial charge in [-0.05, 0) is 30.3 Å². The minimum atomic E-state index is -0.919. The van der Waals surface area contributed by atoms with E-state index in [4.69, 9.17) is 9.84 Å². The molecule has 4 rings (SSSR count). The Balaban J connectivity index is 1.70. The van der Waals surface area contributed by atoms with E-state index in [2.05, 4.69) is 10.3 Å². The number of aliphatic hydroxyl groups excluding tert-OH is 2. The van der Waals surface area contributed by atoms with Gasteiger partial charge in [0.05, 0.1) is 6.61 Å². The van der Waals surface area contributed by atoms with Crippen molar-refractivity contribution >= 4 is 34.1 Å². The highest BCUT2D eigenvalue weighted by Crippen LogP contribution is 2.34. The fraction of sp³-hybridized carbons (Fsp3) is 0.150. The quantitative estimate of drug-likeness (QED) is 0.532. The third-order valence-corrected chi connectivity index (χ3v) is 4.35. The Morgan fingerprint density at radius 1 is 1.19 bits per heavy atom. The molecule has 0 radical (unpaired) electrons. The Morgan fingerprint density at radius 3 is 2.88 bits per heavy atom. The highest BCUT2D eigenvalue weighted by atomic mass is 16.5. The van der Waals surface area contributed by atoms with Gasteiger partial charge in [0, 0.05) is 39.5 Å². The lowest BCUT2D eigenvalue weighted by atomic mass is 10.0. The number of aromatic amines is 1. The number of aliphatic hydroxyl groups is 2. The number of aromatic nitrogens is 1. The Morgan fingerprint density at radius 2 is 2.04 bits per heavy atom. The van der Waals surface area contributed by atoms with Gasteiger partial charge in [-0.1, -0.05) is 18.2 Å². The first-order valence-corrected chi connectivity index (χ1v) is 8.31. The zero-order chi connectivity index (χ0) is 18.1. The summed E-state index contributed by atoms with van der Waals surface area (Å²) in [4.78, 5) is 15.5. The molecule has 6 nitrogen and oxygen atoms in total. The van der Waals surface area contributed by atoms with E-state index in [1.807, 2.05) is 48.7 Å². The normalized spacial score (nSPS) is 15.9. The molecule has 1 aliphatic heterocycles. The predicted octanol–water partition coefficient (Wildman–Crippen LogP) is 2.39. The number of H-pyrrole nitrogens is 1. The molecule has 6 heteroatoms. The average molecular weight is 350 g/mol. The van der Waals surface area contributed by atoms with Crippen LogP contribution < -0.4 is 10.1 Å². The Hall–Kier alpha value is -3.09. The number of benzene rings is 2. The SMILES string of the molecule is O=C1Nc2ccccc2/C1=C\c1c[nH]c2ccc(OCC(O)CO)cc12. The van der Waals surface area contributed by atoms with Gasteiger partial charge in [-0.3, -0.25) is 4.79 Å². The van der Waals surface area contributed by atoms with Crippen LogP contribution in [-0.2, 0) is 4.79 Å². The molecule has 2 heterocycles. The topological polar surface area (TPSA) is 94.6 Å². The fourth-order valence-corrected chi connectivity index (χ4v) is 3.01. The summed E-state index contributed by atoms with van der Waals surface area (Å²) in [5, 5.41) is 22.1. The standard InChI is InChI=1S/C20H18N2O4/c23-10-13(24)11-26-14-5-6-18-16(8-14)12(9-21-18)7-17-15-3-1-2-4-19(15)22-20(17)25/h1-9,13,21,23-24H,10-11H2,(H,22,25)/b17-7+. The third-order valence-electron chi connectivity index (χ3n) is 4.35. The number of amides is 1. The fourth-order valence-electron chi connectivity index (χ4n) is 3.01. The molecule has 4 N–H and O–H groups in total. The number of hydrogen-bond donors (Lipinski definition) is 4. The summed E-state index contributed by atoms with van der Waals surface area (Å²) < 4.78 is 5.51. The summed E-state index contributed by atoms with van der Waals surface area (Å²) in [6.45, 7) is -0.336. The minimum absolute atomic E-state index is 0.0125. The second kappa shape index (κ2) is 6.67. The van der Waals surface area contributed by atoms with Crippen molar-refractivity contribution < 1.29 is 19.7 Å². The number of carbonyl (C=O) groups is 1. The number of hydrogen-bond acceptors (Lipinski definition) is 4. The van der Waals surface area contributed by atoms with Crippen LogP contribution in [0.25, 0.3) is 22.6 Å².